The Morgan fingerprint density at radius 2 is 2.16 bits per heavy atom. The van der Waals surface area contributed by atoms with Crippen molar-refractivity contribution in [2.24, 2.45) is 11.3 Å². The zero-order chi connectivity index (χ0) is 17.4. The van der Waals surface area contributed by atoms with Crippen molar-refractivity contribution in [1.82, 2.24) is 9.78 Å². The highest BCUT2D eigenvalue weighted by molar-refractivity contribution is 5.61. The topological polar surface area (TPSA) is 17.8 Å². The third kappa shape index (κ3) is 2.76. The third-order valence-electron chi connectivity index (χ3n) is 6.18. The van der Waals surface area contributed by atoms with Crippen LogP contribution in [0.4, 0.5) is 4.39 Å². The number of hydrogen-bond acceptors (Lipinski definition) is 1. The molecule has 3 heteroatoms. The standard InChI is InChI=1S/C22H25FN2/c1-3-4-5-6-17-7-8-18-13-21-16(14-22(17,18)2)15-24-25(21)20-11-9-19(23)10-12-20/h3,9-13,15,17H,1,4-8,14H2,2H3/t17-,22+/m0/s1. The van der Waals surface area contributed by atoms with E-state index in [4.69, 9.17) is 0 Å². The molecular weight excluding hydrogens is 311 g/mol. The molecule has 0 spiro atoms. The van der Waals surface area contributed by atoms with E-state index in [1.807, 2.05) is 17.0 Å². The van der Waals surface area contributed by atoms with Gasteiger partial charge < -0.3 is 0 Å². The number of halogens is 1. The SMILES string of the molecule is C=CCCC[C@H]1CCC2=Cc3c(cnn3-c3ccc(F)cc3)C[C@@]21C. The van der Waals surface area contributed by atoms with Gasteiger partial charge in [0.25, 0.3) is 0 Å². The molecule has 0 saturated heterocycles. The summed E-state index contributed by atoms with van der Waals surface area (Å²) in [5, 5.41) is 4.59. The highest BCUT2D eigenvalue weighted by Crippen LogP contribution is 2.54. The lowest BCUT2D eigenvalue weighted by molar-refractivity contribution is 0.252. The van der Waals surface area contributed by atoms with Crippen LogP contribution in [0.15, 0.2) is 48.7 Å². The van der Waals surface area contributed by atoms with Gasteiger partial charge in [-0.2, -0.15) is 5.10 Å². The molecule has 2 aliphatic carbocycles. The van der Waals surface area contributed by atoms with Gasteiger partial charge in [-0.15, -0.1) is 6.58 Å². The quantitative estimate of drug-likeness (QED) is 0.504. The third-order valence-corrected chi connectivity index (χ3v) is 6.18. The first-order valence-electron chi connectivity index (χ1n) is 9.26. The van der Waals surface area contributed by atoms with Crippen molar-refractivity contribution < 1.29 is 4.39 Å². The summed E-state index contributed by atoms with van der Waals surface area (Å²) in [6, 6.07) is 6.58. The molecule has 0 bridgehead atoms. The number of aromatic nitrogens is 2. The number of fused-ring (bicyclic) bond motifs is 2. The van der Waals surface area contributed by atoms with Gasteiger partial charge in [-0.05, 0) is 85.8 Å². The van der Waals surface area contributed by atoms with Crippen molar-refractivity contribution in [2.75, 3.05) is 0 Å². The number of benzene rings is 1. The van der Waals surface area contributed by atoms with Gasteiger partial charge in [-0.25, -0.2) is 9.07 Å². The second kappa shape index (κ2) is 6.29. The van der Waals surface area contributed by atoms with E-state index in [0.717, 1.165) is 24.4 Å². The Bertz CT molecular complexity index is 815. The molecule has 0 aliphatic heterocycles. The number of unbranched alkanes of at least 4 members (excludes halogenated alkanes) is 1. The van der Waals surface area contributed by atoms with Crippen LogP contribution in [0.5, 0.6) is 0 Å². The summed E-state index contributed by atoms with van der Waals surface area (Å²) in [6.07, 6.45) is 13.5. The van der Waals surface area contributed by atoms with Crippen LogP contribution >= 0.6 is 0 Å². The van der Waals surface area contributed by atoms with Gasteiger partial charge >= 0.3 is 0 Å². The molecule has 0 unspecified atom stereocenters. The van der Waals surface area contributed by atoms with Crippen molar-refractivity contribution in [1.29, 1.82) is 0 Å². The van der Waals surface area contributed by atoms with Crippen LogP contribution in [0.2, 0.25) is 0 Å². The molecular formula is C22H25FN2. The predicted octanol–water partition coefficient (Wildman–Crippen LogP) is 5.72. The van der Waals surface area contributed by atoms with E-state index in [-0.39, 0.29) is 11.2 Å². The van der Waals surface area contributed by atoms with Crippen molar-refractivity contribution in [3.8, 4) is 5.69 Å². The lowest BCUT2D eigenvalue weighted by atomic mass is 9.68. The normalized spacial score (nSPS) is 24.6. The average Bonchev–Trinajstić information content (AvgIpc) is 3.14. The summed E-state index contributed by atoms with van der Waals surface area (Å²) >= 11 is 0. The first-order chi connectivity index (χ1) is 12.1. The van der Waals surface area contributed by atoms with Crippen LogP contribution < -0.4 is 0 Å². The van der Waals surface area contributed by atoms with Gasteiger partial charge in [-0.1, -0.05) is 18.6 Å². The van der Waals surface area contributed by atoms with E-state index in [9.17, 15) is 4.39 Å². The second-order valence-corrected chi connectivity index (χ2v) is 7.66. The van der Waals surface area contributed by atoms with Gasteiger partial charge in [0.15, 0.2) is 0 Å². The van der Waals surface area contributed by atoms with Crippen LogP contribution in [0.3, 0.4) is 0 Å². The first kappa shape index (κ1) is 16.3. The number of hydrogen-bond donors (Lipinski definition) is 0. The summed E-state index contributed by atoms with van der Waals surface area (Å²) in [7, 11) is 0. The fourth-order valence-electron chi connectivity index (χ4n) is 4.69. The van der Waals surface area contributed by atoms with Crippen molar-refractivity contribution >= 4 is 6.08 Å². The molecule has 0 amide bonds. The number of nitrogens with zero attached hydrogens (tertiary/aromatic N) is 2. The lowest BCUT2D eigenvalue weighted by Crippen LogP contribution is -2.28. The van der Waals surface area contributed by atoms with E-state index in [1.54, 1.807) is 17.7 Å². The molecule has 2 aliphatic rings. The number of allylic oxidation sites excluding steroid dienone is 2. The summed E-state index contributed by atoms with van der Waals surface area (Å²) in [6.45, 7) is 6.28. The maximum absolute atomic E-state index is 13.2. The molecule has 1 aromatic heterocycles. The van der Waals surface area contributed by atoms with Gasteiger partial charge in [0.2, 0.25) is 0 Å². The van der Waals surface area contributed by atoms with E-state index >= 15 is 0 Å². The molecule has 130 valence electrons. The molecule has 1 heterocycles. The minimum absolute atomic E-state index is 0.214. The summed E-state index contributed by atoms with van der Waals surface area (Å²) < 4.78 is 15.2. The van der Waals surface area contributed by atoms with Crippen molar-refractivity contribution in [3.05, 3.63) is 65.8 Å². The molecule has 1 aromatic carbocycles. The minimum atomic E-state index is -0.214. The summed E-state index contributed by atoms with van der Waals surface area (Å²) in [5.74, 6) is 0.537. The Balaban J connectivity index is 1.64. The molecule has 2 nitrogen and oxygen atoms in total. The van der Waals surface area contributed by atoms with Crippen LogP contribution in [0, 0.1) is 17.2 Å². The Morgan fingerprint density at radius 1 is 1.36 bits per heavy atom. The lowest BCUT2D eigenvalue weighted by Gasteiger charge is -2.36. The minimum Gasteiger partial charge on any atom is -0.233 e. The van der Waals surface area contributed by atoms with Crippen LogP contribution in [-0.4, -0.2) is 9.78 Å². The highest BCUT2D eigenvalue weighted by atomic mass is 19.1. The van der Waals surface area contributed by atoms with Gasteiger partial charge in [0, 0.05) is 0 Å². The van der Waals surface area contributed by atoms with Gasteiger partial charge in [0.1, 0.15) is 5.82 Å². The summed E-state index contributed by atoms with van der Waals surface area (Å²) in [5.41, 5.74) is 5.23. The fraction of sp³-hybridized carbons (Fsp3) is 0.409. The summed E-state index contributed by atoms with van der Waals surface area (Å²) in [4.78, 5) is 0. The largest absolute Gasteiger partial charge is 0.233 e. The monoisotopic (exact) mass is 336 g/mol. The van der Waals surface area contributed by atoms with Crippen molar-refractivity contribution in [3.63, 3.8) is 0 Å². The second-order valence-electron chi connectivity index (χ2n) is 7.66. The average molecular weight is 336 g/mol. The van der Waals surface area contributed by atoms with E-state index in [0.29, 0.717) is 0 Å². The molecule has 25 heavy (non-hydrogen) atoms. The molecule has 4 rings (SSSR count). The Morgan fingerprint density at radius 3 is 2.92 bits per heavy atom. The zero-order valence-corrected chi connectivity index (χ0v) is 14.8. The van der Waals surface area contributed by atoms with Crippen LogP contribution in [0.1, 0.15) is 50.3 Å². The van der Waals surface area contributed by atoms with Crippen LogP contribution in [-0.2, 0) is 6.42 Å². The molecule has 2 aromatic rings. The zero-order valence-electron chi connectivity index (χ0n) is 14.8. The van der Waals surface area contributed by atoms with E-state index < -0.39 is 0 Å². The smallest absolute Gasteiger partial charge is 0.123 e. The highest BCUT2D eigenvalue weighted by Gasteiger charge is 2.44. The van der Waals surface area contributed by atoms with E-state index in [2.05, 4.69) is 24.7 Å². The predicted molar refractivity (Wildman–Crippen MR) is 100 cm³/mol. The maximum atomic E-state index is 13.2. The maximum Gasteiger partial charge on any atom is 0.123 e. The van der Waals surface area contributed by atoms with Crippen molar-refractivity contribution in [2.45, 2.75) is 45.4 Å². The molecule has 0 N–H and O–H groups in total. The Kier molecular flexibility index (Phi) is 4.10. The van der Waals surface area contributed by atoms with E-state index in [1.165, 1.54) is 49.1 Å². The number of rotatable bonds is 5. The Hall–Kier alpha value is -2.16. The molecule has 1 fully saturated rings. The van der Waals surface area contributed by atoms with Crippen LogP contribution in [0.25, 0.3) is 11.8 Å². The van der Waals surface area contributed by atoms with Gasteiger partial charge in [0.05, 0.1) is 17.6 Å². The first-order valence-corrected chi connectivity index (χ1v) is 9.26. The van der Waals surface area contributed by atoms with Gasteiger partial charge in [-0.3, -0.25) is 0 Å². The Labute approximate surface area is 149 Å². The fourth-order valence-corrected chi connectivity index (χ4v) is 4.69. The molecule has 0 radical (unpaired) electrons. The molecule has 2 atom stereocenters. The molecule has 1 saturated carbocycles.